The summed E-state index contributed by atoms with van der Waals surface area (Å²) in [6.45, 7) is 1.08. The molecule has 126 valence electrons. The van der Waals surface area contributed by atoms with Gasteiger partial charge in [-0.1, -0.05) is 24.3 Å². The number of fused-ring (bicyclic) bond motifs is 3. The van der Waals surface area contributed by atoms with Crippen molar-refractivity contribution >= 4 is 11.7 Å². The average molecular weight is 332 g/mol. The highest BCUT2D eigenvalue weighted by atomic mass is 16.6. The van der Waals surface area contributed by atoms with Crippen molar-refractivity contribution in [3.63, 3.8) is 0 Å². The van der Waals surface area contributed by atoms with Gasteiger partial charge in [0.25, 0.3) is 0 Å². The number of piperidine rings is 1. The number of ether oxygens (including phenoxy) is 1. The smallest absolute Gasteiger partial charge is 0.332 e. The molecule has 3 heterocycles. The first-order chi connectivity index (χ1) is 12.2. The Labute approximate surface area is 147 Å². The van der Waals surface area contributed by atoms with Crippen LogP contribution in [0.5, 0.6) is 0 Å². The molecule has 0 aromatic heterocycles. The van der Waals surface area contributed by atoms with E-state index < -0.39 is 5.60 Å². The van der Waals surface area contributed by atoms with Crippen molar-refractivity contribution in [1.29, 1.82) is 0 Å². The van der Waals surface area contributed by atoms with E-state index in [-0.39, 0.29) is 5.97 Å². The molecule has 4 nitrogen and oxygen atoms in total. The van der Waals surface area contributed by atoms with Crippen LogP contribution < -0.4 is 5.73 Å². The van der Waals surface area contributed by atoms with Gasteiger partial charge in [-0.25, -0.2) is 4.79 Å². The minimum Gasteiger partial charge on any atom is -0.449 e. The van der Waals surface area contributed by atoms with Gasteiger partial charge in [0, 0.05) is 40.9 Å². The molecule has 0 saturated carbocycles. The van der Waals surface area contributed by atoms with Gasteiger partial charge >= 0.3 is 5.97 Å². The largest absolute Gasteiger partial charge is 0.449 e. The van der Waals surface area contributed by atoms with Crippen LogP contribution in [0.1, 0.15) is 31.2 Å². The van der Waals surface area contributed by atoms with Crippen LogP contribution in [0.25, 0.3) is 0 Å². The number of hydrogen-bond donors (Lipinski definition) is 1. The van der Waals surface area contributed by atoms with E-state index in [0.29, 0.717) is 12.1 Å². The Bertz CT molecular complexity index is 871. The molecule has 1 aliphatic carbocycles. The Hall–Kier alpha value is -2.51. The second-order valence-corrected chi connectivity index (χ2v) is 7.34. The van der Waals surface area contributed by atoms with Crippen LogP contribution in [0.15, 0.2) is 47.6 Å². The summed E-state index contributed by atoms with van der Waals surface area (Å²) in [5, 5.41) is 0. The Balaban J connectivity index is 1.56. The van der Waals surface area contributed by atoms with Gasteiger partial charge in [0.2, 0.25) is 0 Å². The Morgan fingerprint density at radius 2 is 2.04 bits per heavy atom. The van der Waals surface area contributed by atoms with E-state index in [1.165, 1.54) is 12.8 Å². The first-order valence-electron chi connectivity index (χ1n) is 8.96. The van der Waals surface area contributed by atoms with Gasteiger partial charge in [-0.2, -0.15) is 0 Å². The van der Waals surface area contributed by atoms with Crippen molar-refractivity contribution in [2.75, 3.05) is 12.3 Å². The lowest BCUT2D eigenvalue weighted by Gasteiger charge is -2.38. The third-order valence-electron chi connectivity index (χ3n) is 5.92. The number of benzene rings is 1. The van der Waals surface area contributed by atoms with Crippen LogP contribution in [0.2, 0.25) is 0 Å². The van der Waals surface area contributed by atoms with Crippen LogP contribution in [-0.2, 0) is 9.53 Å². The summed E-state index contributed by atoms with van der Waals surface area (Å²) in [4.78, 5) is 14.6. The Morgan fingerprint density at radius 3 is 2.88 bits per heavy atom. The molecule has 2 fully saturated rings. The quantitative estimate of drug-likeness (QED) is 0.450. The molecule has 1 spiro atoms. The molecule has 0 amide bonds. The highest BCUT2D eigenvalue weighted by Crippen LogP contribution is 2.53. The van der Waals surface area contributed by atoms with E-state index in [1.807, 2.05) is 24.3 Å². The number of nitrogens with zero attached hydrogens (tertiary/aromatic N) is 1. The molecule has 1 aromatic carbocycles. The molecule has 2 bridgehead atoms. The standard InChI is InChI=1S/C21H20N2O2/c22-16-8-5-14(6-9-16)4-7-15-11-17-13-21(18(15)12-20(24)25-21)19-3-1-2-10-23(17)19/h5-6,8-9,11-12,17,19H,1-3,10,13,22H2/t17-,19?,21+/m1/s1. The minimum atomic E-state index is -0.470. The maximum Gasteiger partial charge on any atom is 0.332 e. The van der Waals surface area contributed by atoms with Crippen molar-refractivity contribution in [2.45, 2.75) is 43.4 Å². The first-order valence-corrected chi connectivity index (χ1v) is 8.96. The normalized spacial score (nSPS) is 32.7. The van der Waals surface area contributed by atoms with E-state index in [0.717, 1.165) is 41.8 Å². The summed E-state index contributed by atoms with van der Waals surface area (Å²) >= 11 is 0. The van der Waals surface area contributed by atoms with Crippen LogP contribution in [0, 0.1) is 11.8 Å². The van der Waals surface area contributed by atoms with Crippen LogP contribution in [0.4, 0.5) is 5.69 Å². The third kappa shape index (κ3) is 2.16. The van der Waals surface area contributed by atoms with Gasteiger partial charge in [-0.3, -0.25) is 4.90 Å². The Kier molecular flexibility index (Phi) is 3.10. The number of carbonyl (C=O) groups is 1. The van der Waals surface area contributed by atoms with E-state index in [2.05, 4.69) is 22.8 Å². The predicted molar refractivity (Wildman–Crippen MR) is 95.5 cm³/mol. The van der Waals surface area contributed by atoms with Gasteiger partial charge in [0.05, 0.1) is 6.04 Å². The van der Waals surface area contributed by atoms with Crippen molar-refractivity contribution in [1.82, 2.24) is 4.90 Å². The number of carbonyl (C=O) groups excluding carboxylic acids is 1. The topological polar surface area (TPSA) is 55.6 Å². The van der Waals surface area contributed by atoms with Gasteiger partial charge in [0.1, 0.15) is 0 Å². The summed E-state index contributed by atoms with van der Waals surface area (Å²) in [6.07, 6.45) is 8.29. The number of anilines is 1. The number of nitrogens with two attached hydrogens (primary N) is 1. The summed E-state index contributed by atoms with van der Waals surface area (Å²) in [6, 6.07) is 8.17. The zero-order chi connectivity index (χ0) is 17.0. The van der Waals surface area contributed by atoms with Crippen molar-refractivity contribution < 1.29 is 9.53 Å². The number of esters is 1. The van der Waals surface area contributed by atoms with Crippen molar-refractivity contribution in [3.05, 3.63) is 53.1 Å². The third-order valence-corrected chi connectivity index (χ3v) is 5.92. The predicted octanol–water partition coefficient (Wildman–Crippen LogP) is 2.41. The first kappa shape index (κ1) is 14.8. The van der Waals surface area contributed by atoms with Crippen molar-refractivity contribution in [2.24, 2.45) is 0 Å². The molecule has 4 heteroatoms. The van der Waals surface area contributed by atoms with Crippen LogP contribution >= 0.6 is 0 Å². The summed E-state index contributed by atoms with van der Waals surface area (Å²) in [7, 11) is 0. The second-order valence-electron chi connectivity index (χ2n) is 7.34. The zero-order valence-corrected chi connectivity index (χ0v) is 14.0. The van der Waals surface area contributed by atoms with Gasteiger partial charge in [-0.05, 0) is 43.7 Å². The summed E-state index contributed by atoms with van der Waals surface area (Å²) < 4.78 is 5.91. The fourth-order valence-corrected chi connectivity index (χ4v) is 4.88. The maximum atomic E-state index is 12.1. The molecule has 1 unspecified atom stereocenters. The lowest BCUT2D eigenvalue weighted by molar-refractivity contribution is -0.148. The van der Waals surface area contributed by atoms with E-state index in [9.17, 15) is 4.79 Å². The second kappa shape index (κ2) is 5.24. The molecule has 2 saturated heterocycles. The molecule has 2 N–H and O–H groups in total. The lowest BCUT2D eigenvalue weighted by atomic mass is 9.77. The highest BCUT2D eigenvalue weighted by molar-refractivity contribution is 5.90. The molecular formula is C21H20N2O2. The summed E-state index contributed by atoms with van der Waals surface area (Å²) in [5.41, 5.74) is 8.86. The van der Waals surface area contributed by atoms with E-state index >= 15 is 0 Å². The molecular weight excluding hydrogens is 312 g/mol. The Morgan fingerprint density at radius 1 is 1.20 bits per heavy atom. The number of rotatable bonds is 0. The minimum absolute atomic E-state index is 0.219. The highest BCUT2D eigenvalue weighted by Gasteiger charge is 2.61. The van der Waals surface area contributed by atoms with Gasteiger partial charge < -0.3 is 10.5 Å². The maximum absolute atomic E-state index is 12.1. The zero-order valence-electron chi connectivity index (χ0n) is 14.0. The van der Waals surface area contributed by atoms with E-state index in [1.54, 1.807) is 6.08 Å². The monoisotopic (exact) mass is 332 g/mol. The fraction of sp³-hybridized carbons (Fsp3) is 0.381. The fourth-order valence-electron chi connectivity index (χ4n) is 4.88. The summed E-state index contributed by atoms with van der Waals surface area (Å²) in [5.74, 6) is 6.29. The molecule has 5 rings (SSSR count). The molecule has 1 aromatic rings. The van der Waals surface area contributed by atoms with E-state index in [4.69, 9.17) is 10.5 Å². The number of hydrogen-bond acceptors (Lipinski definition) is 4. The van der Waals surface area contributed by atoms with Crippen LogP contribution in [0.3, 0.4) is 0 Å². The molecule has 4 aliphatic rings. The molecule has 3 atom stereocenters. The SMILES string of the molecule is Nc1ccc(C#CC2=C[C@@H]3C[C@@]4(OC(=O)C=C24)C2CCCCN23)cc1. The lowest BCUT2D eigenvalue weighted by Crippen LogP contribution is -2.48. The molecule has 25 heavy (non-hydrogen) atoms. The molecule has 0 radical (unpaired) electrons. The molecule has 3 aliphatic heterocycles. The average Bonchev–Trinajstić information content (AvgIpc) is 3.10. The van der Waals surface area contributed by atoms with Gasteiger partial charge in [-0.15, -0.1) is 0 Å². The van der Waals surface area contributed by atoms with Gasteiger partial charge in [0.15, 0.2) is 5.60 Å². The number of nitrogen functional groups attached to an aromatic ring is 1. The van der Waals surface area contributed by atoms with Crippen LogP contribution in [-0.4, -0.2) is 35.1 Å². The van der Waals surface area contributed by atoms with Crippen molar-refractivity contribution in [3.8, 4) is 11.8 Å².